The number of allylic oxidation sites excluding steroid dienone is 3. The van der Waals surface area contributed by atoms with Gasteiger partial charge in [0.2, 0.25) is 0 Å². The summed E-state index contributed by atoms with van der Waals surface area (Å²) in [5.41, 5.74) is 6.46. The quantitative estimate of drug-likeness (QED) is 0.475. The van der Waals surface area contributed by atoms with E-state index in [1.165, 1.54) is 54.4 Å². The van der Waals surface area contributed by atoms with Crippen LogP contribution in [0.25, 0.3) is 5.76 Å². The summed E-state index contributed by atoms with van der Waals surface area (Å²) in [4.78, 5) is 0. The first-order chi connectivity index (χ1) is 10.6. The number of benzene rings is 1. The molecule has 0 spiro atoms. The topological polar surface area (TPSA) is 9.23 Å². The second kappa shape index (κ2) is 6.16. The highest BCUT2D eigenvalue weighted by atomic mass is 16.5. The van der Waals surface area contributed by atoms with Gasteiger partial charge in [-0.25, -0.2) is 0 Å². The van der Waals surface area contributed by atoms with E-state index in [0.29, 0.717) is 5.92 Å². The summed E-state index contributed by atoms with van der Waals surface area (Å²) in [6.45, 7) is 12.6. The van der Waals surface area contributed by atoms with Crippen molar-refractivity contribution in [1.82, 2.24) is 0 Å². The second-order valence-electron chi connectivity index (χ2n) is 6.58. The monoisotopic (exact) mass is 294 g/mol. The van der Waals surface area contributed by atoms with Crippen LogP contribution in [0.4, 0.5) is 0 Å². The van der Waals surface area contributed by atoms with Gasteiger partial charge in [-0.2, -0.15) is 0 Å². The average Bonchev–Trinajstić information content (AvgIpc) is 3.27. The van der Waals surface area contributed by atoms with Gasteiger partial charge in [0.05, 0.1) is 0 Å². The molecule has 0 bridgehead atoms. The highest BCUT2D eigenvalue weighted by Crippen LogP contribution is 2.42. The molecule has 0 heterocycles. The summed E-state index contributed by atoms with van der Waals surface area (Å²) in [5, 5.41) is 0. The van der Waals surface area contributed by atoms with Crippen molar-refractivity contribution < 1.29 is 4.74 Å². The zero-order valence-electron chi connectivity index (χ0n) is 13.9. The van der Waals surface area contributed by atoms with Crippen molar-refractivity contribution in [3.8, 4) is 0 Å². The molecule has 0 atom stereocenters. The zero-order valence-corrected chi connectivity index (χ0v) is 13.9. The number of rotatable bonds is 6. The molecule has 1 heteroatoms. The Morgan fingerprint density at radius 2 is 1.91 bits per heavy atom. The minimum Gasteiger partial charge on any atom is -0.461 e. The van der Waals surface area contributed by atoms with Crippen molar-refractivity contribution in [3.63, 3.8) is 0 Å². The molecule has 22 heavy (non-hydrogen) atoms. The van der Waals surface area contributed by atoms with E-state index in [0.717, 1.165) is 23.5 Å². The Morgan fingerprint density at radius 3 is 2.59 bits per heavy atom. The van der Waals surface area contributed by atoms with E-state index in [4.69, 9.17) is 4.74 Å². The van der Waals surface area contributed by atoms with Gasteiger partial charge in [0.1, 0.15) is 11.5 Å². The third-order valence-corrected chi connectivity index (χ3v) is 4.93. The van der Waals surface area contributed by atoms with Gasteiger partial charge in [0.15, 0.2) is 0 Å². The highest BCUT2D eigenvalue weighted by Gasteiger charge is 2.30. The summed E-state index contributed by atoms with van der Waals surface area (Å²) < 4.78 is 6.23. The highest BCUT2D eigenvalue weighted by molar-refractivity contribution is 5.61. The van der Waals surface area contributed by atoms with E-state index in [1.54, 1.807) is 0 Å². The van der Waals surface area contributed by atoms with Crippen LogP contribution in [-0.2, 0) is 17.6 Å². The molecule has 0 aromatic heterocycles. The van der Waals surface area contributed by atoms with E-state index in [2.05, 4.69) is 45.2 Å². The first-order valence-electron chi connectivity index (χ1n) is 8.48. The van der Waals surface area contributed by atoms with Gasteiger partial charge in [-0.15, -0.1) is 0 Å². The van der Waals surface area contributed by atoms with Gasteiger partial charge in [0.25, 0.3) is 0 Å². The molecule has 1 aromatic rings. The molecule has 3 rings (SSSR count). The van der Waals surface area contributed by atoms with Crippen LogP contribution < -0.4 is 0 Å². The molecule has 116 valence electrons. The van der Waals surface area contributed by atoms with Crippen LogP contribution >= 0.6 is 0 Å². The first kappa shape index (κ1) is 15.1. The third kappa shape index (κ3) is 3.04. The van der Waals surface area contributed by atoms with Crippen molar-refractivity contribution in [3.05, 3.63) is 65.0 Å². The molecular weight excluding hydrogens is 268 g/mol. The summed E-state index contributed by atoms with van der Waals surface area (Å²) in [5.74, 6) is 2.44. The normalized spacial score (nSPS) is 17.7. The van der Waals surface area contributed by atoms with Crippen molar-refractivity contribution in [2.75, 3.05) is 0 Å². The Bertz CT molecular complexity index is 644. The Hall–Kier alpha value is -1.76. The molecule has 0 radical (unpaired) electrons. The number of aryl methyl sites for hydroxylation is 2. The molecule has 2 aliphatic carbocycles. The second-order valence-corrected chi connectivity index (χ2v) is 6.58. The average molecular weight is 294 g/mol. The maximum Gasteiger partial charge on any atom is 0.127 e. The number of fused-ring (bicyclic) bond motifs is 1. The van der Waals surface area contributed by atoms with E-state index >= 15 is 0 Å². The van der Waals surface area contributed by atoms with Crippen LogP contribution in [0.2, 0.25) is 0 Å². The lowest BCUT2D eigenvalue weighted by Crippen LogP contribution is -2.00. The van der Waals surface area contributed by atoms with Crippen molar-refractivity contribution in [2.45, 2.75) is 52.4 Å². The lowest BCUT2D eigenvalue weighted by atomic mass is 10.0. The van der Waals surface area contributed by atoms with Crippen LogP contribution in [0.3, 0.4) is 0 Å². The van der Waals surface area contributed by atoms with E-state index < -0.39 is 0 Å². The molecule has 1 nitrogen and oxygen atoms in total. The number of hydrogen-bond acceptors (Lipinski definition) is 1. The molecule has 0 N–H and O–H groups in total. The lowest BCUT2D eigenvalue weighted by Gasteiger charge is -2.17. The summed E-state index contributed by atoms with van der Waals surface area (Å²) in [6, 6.07) is 6.66. The molecular formula is C21H26O. The minimum atomic E-state index is 0.564. The molecule has 2 aliphatic rings. The van der Waals surface area contributed by atoms with Gasteiger partial charge in [-0.05, 0) is 73.8 Å². The summed E-state index contributed by atoms with van der Waals surface area (Å²) >= 11 is 0. The molecule has 0 unspecified atom stereocenters. The molecule has 0 amide bonds. The molecule has 0 saturated heterocycles. The van der Waals surface area contributed by atoms with E-state index in [9.17, 15) is 0 Å². The van der Waals surface area contributed by atoms with Crippen LogP contribution in [0, 0.1) is 5.92 Å². The van der Waals surface area contributed by atoms with Gasteiger partial charge < -0.3 is 4.74 Å². The fourth-order valence-electron chi connectivity index (χ4n) is 3.19. The maximum absolute atomic E-state index is 6.23. The fraction of sp³-hybridized carbons (Fsp3) is 0.429. The van der Waals surface area contributed by atoms with Crippen LogP contribution in [0.1, 0.15) is 56.2 Å². The van der Waals surface area contributed by atoms with Gasteiger partial charge in [-0.3, -0.25) is 0 Å². The number of hydrogen-bond donors (Lipinski definition) is 0. The Kier molecular flexibility index (Phi) is 4.24. The molecule has 1 saturated carbocycles. The standard InChI is InChI=1S/C21H26O/c1-5-14(2)15(3)21(18-10-11-18)22-16(4)19-12-9-17-7-6-8-20(17)13-19/h9,12-13,18H,2,4-8,10-11H2,1,3H3/b21-15+. The maximum atomic E-state index is 6.23. The first-order valence-corrected chi connectivity index (χ1v) is 8.48. The van der Waals surface area contributed by atoms with Crippen LogP contribution in [-0.4, -0.2) is 0 Å². The van der Waals surface area contributed by atoms with E-state index in [1.807, 2.05) is 0 Å². The van der Waals surface area contributed by atoms with Gasteiger partial charge in [-0.1, -0.05) is 32.2 Å². The largest absolute Gasteiger partial charge is 0.461 e. The van der Waals surface area contributed by atoms with Crippen molar-refractivity contribution in [1.29, 1.82) is 0 Å². The fourth-order valence-corrected chi connectivity index (χ4v) is 3.19. The Labute approximate surface area is 134 Å². The van der Waals surface area contributed by atoms with Crippen LogP contribution in [0.15, 0.2) is 48.3 Å². The van der Waals surface area contributed by atoms with Crippen molar-refractivity contribution in [2.24, 2.45) is 5.92 Å². The van der Waals surface area contributed by atoms with Gasteiger partial charge >= 0.3 is 0 Å². The minimum absolute atomic E-state index is 0.564. The molecule has 0 aliphatic heterocycles. The summed E-state index contributed by atoms with van der Waals surface area (Å²) in [7, 11) is 0. The van der Waals surface area contributed by atoms with E-state index in [-0.39, 0.29) is 0 Å². The lowest BCUT2D eigenvalue weighted by molar-refractivity contribution is 0.350. The molecule has 1 aromatic carbocycles. The Morgan fingerprint density at radius 1 is 1.18 bits per heavy atom. The SMILES string of the molecule is C=C(CC)/C(C)=C(/OC(=C)c1ccc2c(c1)CCC2)C1CC1. The van der Waals surface area contributed by atoms with Crippen LogP contribution in [0.5, 0.6) is 0 Å². The zero-order chi connectivity index (χ0) is 15.7. The number of ether oxygens (including phenoxy) is 1. The third-order valence-electron chi connectivity index (χ3n) is 4.93. The Balaban J connectivity index is 1.81. The van der Waals surface area contributed by atoms with Crippen molar-refractivity contribution >= 4 is 5.76 Å². The molecule has 1 fully saturated rings. The predicted octanol–water partition coefficient (Wildman–Crippen LogP) is 5.81. The summed E-state index contributed by atoms with van der Waals surface area (Å²) in [6.07, 6.45) is 7.09. The predicted molar refractivity (Wildman–Crippen MR) is 93.4 cm³/mol. The smallest absolute Gasteiger partial charge is 0.127 e. The van der Waals surface area contributed by atoms with Gasteiger partial charge in [0, 0.05) is 11.5 Å².